The first kappa shape index (κ1) is 22.7. The van der Waals surface area contributed by atoms with E-state index < -0.39 is 5.56 Å². The molecule has 172 valence electrons. The number of hydrogen-bond acceptors (Lipinski definition) is 5. The summed E-state index contributed by atoms with van der Waals surface area (Å²) >= 11 is 0. The van der Waals surface area contributed by atoms with Crippen LogP contribution in [0.2, 0.25) is 0 Å². The molecule has 1 amide bonds. The zero-order chi connectivity index (χ0) is 24.1. The maximum Gasteiger partial charge on any atom is 0.291 e. The Morgan fingerprint density at radius 1 is 1.06 bits per heavy atom. The molecule has 1 aromatic heterocycles. The Hall–Kier alpha value is -4.46. The van der Waals surface area contributed by atoms with Crippen LogP contribution in [-0.2, 0) is 6.61 Å². The summed E-state index contributed by atoms with van der Waals surface area (Å²) in [6.07, 6.45) is 1.15. The predicted octanol–water partition coefficient (Wildman–Crippen LogP) is 4.27. The molecule has 0 atom stereocenters. The topological polar surface area (TPSA) is 124 Å². The fraction of sp³-hybridized carbons (Fsp3) is 0.154. The molecule has 0 saturated carbocycles. The van der Waals surface area contributed by atoms with Gasteiger partial charge in [0.25, 0.3) is 11.5 Å². The quantitative estimate of drug-likeness (QED) is 0.246. The van der Waals surface area contributed by atoms with Crippen LogP contribution < -0.4 is 21.1 Å². The molecule has 0 saturated heterocycles. The number of ether oxygens (including phenoxy) is 1. The van der Waals surface area contributed by atoms with E-state index in [2.05, 4.69) is 10.3 Å². The number of carbonyl (C=O) groups is 1. The number of aromatic nitrogens is 2. The van der Waals surface area contributed by atoms with Gasteiger partial charge in [-0.25, -0.2) is 0 Å². The van der Waals surface area contributed by atoms with E-state index in [1.54, 1.807) is 42.5 Å². The van der Waals surface area contributed by atoms with Gasteiger partial charge in [0, 0.05) is 17.7 Å². The van der Waals surface area contributed by atoms with E-state index in [1.165, 1.54) is 4.57 Å². The first-order chi connectivity index (χ1) is 16.5. The summed E-state index contributed by atoms with van der Waals surface area (Å²) in [6.45, 7) is 2.38. The summed E-state index contributed by atoms with van der Waals surface area (Å²) in [5, 5.41) is 19.1. The summed E-state index contributed by atoms with van der Waals surface area (Å²) < 4.78 is 7.09. The van der Waals surface area contributed by atoms with Gasteiger partial charge in [0.05, 0.1) is 11.0 Å². The number of benzene rings is 3. The van der Waals surface area contributed by atoms with Crippen molar-refractivity contribution >= 4 is 28.5 Å². The fourth-order valence-corrected chi connectivity index (χ4v) is 3.58. The maximum atomic E-state index is 12.8. The molecule has 0 spiro atoms. The number of rotatable bonds is 7. The van der Waals surface area contributed by atoms with Gasteiger partial charge >= 0.3 is 0 Å². The van der Waals surface area contributed by atoms with Crippen molar-refractivity contribution in [2.24, 2.45) is 0 Å². The second-order valence-electron chi connectivity index (χ2n) is 7.82. The van der Waals surface area contributed by atoms with Crippen LogP contribution in [0.15, 0.2) is 77.6 Å². The molecule has 0 radical (unpaired) electrons. The van der Waals surface area contributed by atoms with E-state index in [9.17, 15) is 9.59 Å². The first-order valence-electron chi connectivity index (χ1n) is 11.0. The third-order valence-corrected chi connectivity index (χ3v) is 5.30. The van der Waals surface area contributed by atoms with Gasteiger partial charge in [-0.15, -0.1) is 0 Å². The summed E-state index contributed by atoms with van der Waals surface area (Å²) in [6, 6.07) is 21.7. The molecule has 8 nitrogen and oxygen atoms in total. The van der Waals surface area contributed by atoms with Crippen molar-refractivity contribution in [3.63, 3.8) is 0 Å². The van der Waals surface area contributed by atoms with Gasteiger partial charge in [0.1, 0.15) is 18.2 Å². The second-order valence-corrected chi connectivity index (χ2v) is 7.82. The first-order valence-corrected chi connectivity index (χ1v) is 11.0. The fourth-order valence-electron chi connectivity index (χ4n) is 3.58. The third-order valence-electron chi connectivity index (χ3n) is 5.30. The molecule has 4 aromatic rings. The lowest BCUT2D eigenvalue weighted by molar-refractivity contribution is 0.102. The van der Waals surface area contributed by atoms with Gasteiger partial charge in [-0.05, 0) is 54.4 Å². The highest BCUT2D eigenvalue weighted by Crippen LogP contribution is 2.19. The SMILES string of the molecule is CCCC(=N)n1c(=N)c(=O)[nH]c2cc(C(=O)Nc3ccc(OCc4ccccc4)cc3)ccc21. The predicted molar refractivity (Wildman–Crippen MR) is 132 cm³/mol. The normalized spacial score (nSPS) is 10.7. The number of H-pyrrole nitrogens is 1. The van der Waals surface area contributed by atoms with Crippen LogP contribution in [0.1, 0.15) is 35.7 Å². The molecule has 3 aromatic carbocycles. The van der Waals surface area contributed by atoms with Crippen molar-refractivity contribution in [3.05, 3.63) is 99.8 Å². The minimum absolute atomic E-state index is 0.162. The molecule has 0 fully saturated rings. The maximum absolute atomic E-state index is 12.8. The Morgan fingerprint density at radius 3 is 2.50 bits per heavy atom. The molecule has 8 heteroatoms. The summed E-state index contributed by atoms with van der Waals surface area (Å²) in [5.41, 5.74) is 1.98. The van der Waals surface area contributed by atoms with Crippen LogP contribution in [0.25, 0.3) is 11.0 Å². The van der Waals surface area contributed by atoms with Crippen molar-refractivity contribution < 1.29 is 9.53 Å². The Kier molecular flexibility index (Phi) is 6.68. The van der Waals surface area contributed by atoms with Crippen LogP contribution in [-0.4, -0.2) is 21.3 Å². The number of anilines is 1. The van der Waals surface area contributed by atoms with E-state index in [1.807, 2.05) is 37.3 Å². The van der Waals surface area contributed by atoms with Gasteiger partial charge in [-0.1, -0.05) is 37.3 Å². The lowest BCUT2D eigenvalue weighted by atomic mass is 10.1. The Morgan fingerprint density at radius 2 is 1.79 bits per heavy atom. The standard InChI is InChI=1S/C26H25N5O3/c1-2-6-23(27)31-22-14-9-18(15-21(22)30-26(33)24(31)28)25(32)29-19-10-12-20(13-11-19)34-16-17-7-4-3-5-8-17/h3-5,7-15,27-28H,2,6,16H2,1H3,(H,29,32)(H,30,33). The Balaban J connectivity index is 1.50. The van der Waals surface area contributed by atoms with Crippen LogP contribution >= 0.6 is 0 Å². The average molecular weight is 456 g/mol. The monoisotopic (exact) mass is 455 g/mol. The van der Waals surface area contributed by atoms with Crippen LogP contribution in [0.4, 0.5) is 5.69 Å². The number of aromatic amines is 1. The number of amides is 1. The molecule has 0 aliphatic rings. The van der Waals surface area contributed by atoms with Gasteiger partial charge in [0.15, 0.2) is 5.49 Å². The highest BCUT2D eigenvalue weighted by Gasteiger charge is 2.13. The van der Waals surface area contributed by atoms with Crippen molar-refractivity contribution in [1.82, 2.24) is 9.55 Å². The van der Waals surface area contributed by atoms with E-state index in [-0.39, 0.29) is 17.2 Å². The molecule has 0 aliphatic heterocycles. The van der Waals surface area contributed by atoms with E-state index in [0.717, 1.165) is 12.0 Å². The summed E-state index contributed by atoms with van der Waals surface area (Å²) in [4.78, 5) is 27.7. The lowest BCUT2D eigenvalue weighted by Crippen LogP contribution is -2.39. The summed E-state index contributed by atoms with van der Waals surface area (Å²) in [7, 11) is 0. The minimum atomic E-state index is -0.614. The second kappa shape index (κ2) is 9.99. The van der Waals surface area contributed by atoms with Crippen molar-refractivity contribution in [1.29, 1.82) is 10.8 Å². The number of nitrogens with one attached hydrogen (secondary N) is 4. The van der Waals surface area contributed by atoms with Crippen molar-refractivity contribution in [2.45, 2.75) is 26.4 Å². The molecular formula is C26H25N5O3. The van der Waals surface area contributed by atoms with E-state index in [0.29, 0.717) is 41.1 Å². The van der Waals surface area contributed by atoms with Crippen molar-refractivity contribution in [3.8, 4) is 5.75 Å². The van der Waals surface area contributed by atoms with Gasteiger partial charge in [0.2, 0.25) is 0 Å². The highest BCUT2D eigenvalue weighted by atomic mass is 16.5. The summed E-state index contributed by atoms with van der Waals surface area (Å²) in [5.74, 6) is 0.511. The van der Waals surface area contributed by atoms with E-state index in [4.69, 9.17) is 15.6 Å². The number of fused-ring (bicyclic) bond motifs is 1. The molecule has 0 aliphatic carbocycles. The minimum Gasteiger partial charge on any atom is -0.489 e. The lowest BCUT2D eigenvalue weighted by Gasteiger charge is -2.13. The molecule has 0 bridgehead atoms. The van der Waals surface area contributed by atoms with Gasteiger partial charge < -0.3 is 15.0 Å². The van der Waals surface area contributed by atoms with Gasteiger partial charge in [-0.2, -0.15) is 0 Å². The molecular weight excluding hydrogens is 430 g/mol. The van der Waals surface area contributed by atoms with E-state index >= 15 is 0 Å². The van der Waals surface area contributed by atoms with Crippen LogP contribution in [0, 0.1) is 10.8 Å². The zero-order valence-electron chi connectivity index (χ0n) is 18.7. The zero-order valence-corrected chi connectivity index (χ0v) is 18.7. The molecule has 0 unspecified atom stereocenters. The number of hydrogen-bond donors (Lipinski definition) is 4. The van der Waals surface area contributed by atoms with Gasteiger partial charge in [-0.3, -0.25) is 25.0 Å². The molecule has 4 N–H and O–H groups in total. The Labute approximate surface area is 195 Å². The third kappa shape index (κ3) is 4.96. The van der Waals surface area contributed by atoms with Crippen LogP contribution in [0.3, 0.4) is 0 Å². The number of nitrogens with zero attached hydrogens (tertiary/aromatic N) is 1. The average Bonchev–Trinajstić information content (AvgIpc) is 2.85. The largest absolute Gasteiger partial charge is 0.489 e. The van der Waals surface area contributed by atoms with Crippen molar-refractivity contribution in [2.75, 3.05) is 5.32 Å². The number of carbonyl (C=O) groups excluding carboxylic acids is 1. The molecule has 4 rings (SSSR count). The smallest absolute Gasteiger partial charge is 0.291 e. The van der Waals surface area contributed by atoms with Crippen LogP contribution in [0.5, 0.6) is 5.75 Å². The molecule has 1 heterocycles. The Bertz CT molecular complexity index is 1450. The molecule has 34 heavy (non-hydrogen) atoms. The highest BCUT2D eigenvalue weighted by molar-refractivity contribution is 6.06.